The van der Waals surface area contributed by atoms with Gasteiger partial charge in [0.15, 0.2) is 0 Å². The van der Waals surface area contributed by atoms with Crippen LogP contribution in [0, 0.1) is 5.92 Å². The van der Waals surface area contributed by atoms with Gasteiger partial charge >= 0.3 is 51.4 Å². The van der Waals surface area contributed by atoms with Crippen LogP contribution in [0.2, 0.25) is 0 Å². The van der Waals surface area contributed by atoms with Gasteiger partial charge < -0.3 is 7.16 Å². The maximum atomic E-state index is 10.5. The van der Waals surface area contributed by atoms with Crippen LogP contribution in [-0.4, -0.2) is 18.1 Å². The molecule has 0 aromatic rings. The fraction of sp³-hybridized carbons (Fsp3) is 0.667. The van der Waals surface area contributed by atoms with Gasteiger partial charge in [-0.25, -0.2) is 0 Å². The zero-order valence-corrected chi connectivity index (χ0v) is 9.80. The van der Waals surface area contributed by atoms with Crippen LogP contribution in [0.4, 0.5) is 0 Å². The first-order valence-corrected chi connectivity index (χ1v) is 2.80. The Morgan fingerprint density at radius 2 is 1.70 bits per heavy atom. The first kappa shape index (κ1) is 13.5. The van der Waals surface area contributed by atoms with Gasteiger partial charge in [0.2, 0.25) is 0 Å². The monoisotopic (exact) mass is 169 g/mol. The summed E-state index contributed by atoms with van der Waals surface area (Å²) in [5.74, 6) is -0.875. The molecule has 0 rings (SSSR count). The predicted molar refractivity (Wildman–Crippen MR) is 35.0 cm³/mol. The van der Waals surface area contributed by atoms with Crippen LogP contribution in [0.25, 0.3) is 0 Å². The van der Waals surface area contributed by atoms with Crippen LogP contribution in [0.1, 0.15) is 15.3 Å². The molecule has 4 heteroatoms. The minimum absolute atomic E-state index is 0. The van der Waals surface area contributed by atoms with Crippen molar-refractivity contribution in [3.8, 4) is 0 Å². The van der Waals surface area contributed by atoms with Crippen molar-refractivity contribution in [1.82, 2.24) is 0 Å². The van der Waals surface area contributed by atoms with Crippen LogP contribution in [-0.2, 0) is 9.59 Å². The number of carbonyl (C=O) groups is 2. The average molecular weight is 169 g/mol. The zero-order valence-electron chi connectivity index (χ0n) is 7.68. The van der Waals surface area contributed by atoms with Crippen LogP contribution >= 0.6 is 0 Å². The Labute approximate surface area is 105 Å². The Bertz CT molecular complexity index is 127. The van der Waals surface area contributed by atoms with Gasteiger partial charge in [-0.05, 0) is 13.8 Å². The third-order valence-corrected chi connectivity index (χ3v) is 1.22. The molecule has 0 spiro atoms. The Hall–Kier alpha value is 0.936. The van der Waals surface area contributed by atoms with Crippen molar-refractivity contribution in [3.63, 3.8) is 0 Å². The standard InChI is InChI=1S/C6H11NO2.K.H/c1-4(8)6(3-7)5(2)9;;/h6H,3,7H2,1-2H3;;/q;+1;-1. The van der Waals surface area contributed by atoms with Crippen molar-refractivity contribution < 1.29 is 62.4 Å². The Morgan fingerprint density at radius 3 is 1.70 bits per heavy atom. The van der Waals surface area contributed by atoms with Crippen LogP contribution in [0.15, 0.2) is 0 Å². The number of rotatable bonds is 3. The van der Waals surface area contributed by atoms with Crippen LogP contribution < -0.4 is 57.1 Å². The molecule has 0 aliphatic heterocycles. The van der Waals surface area contributed by atoms with Gasteiger partial charge in [0.25, 0.3) is 0 Å². The third kappa shape index (κ3) is 4.71. The third-order valence-electron chi connectivity index (χ3n) is 1.22. The van der Waals surface area contributed by atoms with Crippen molar-refractivity contribution in [2.75, 3.05) is 6.54 Å². The van der Waals surface area contributed by atoms with E-state index in [4.69, 9.17) is 5.73 Å². The second-order valence-electron chi connectivity index (χ2n) is 2.01. The Balaban J connectivity index is -0.000000320. The predicted octanol–water partition coefficient (Wildman–Crippen LogP) is -3.14. The zero-order chi connectivity index (χ0) is 7.44. The molecular formula is C6H12KNO2. The molecule has 0 unspecified atom stereocenters. The smallest absolute Gasteiger partial charge is 1.00 e. The van der Waals surface area contributed by atoms with Crippen molar-refractivity contribution in [2.45, 2.75) is 13.8 Å². The summed E-state index contributed by atoms with van der Waals surface area (Å²) in [6, 6.07) is 0. The van der Waals surface area contributed by atoms with Crippen molar-refractivity contribution in [2.24, 2.45) is 11.7 Å². The average Bonchev–Trinajstić information content (AvgIpc) is 1.64. The summed E-state index contributed by atoms with van der Waals surface area (Å²) in [5.41, 5.74) is 5.13. The summed E-state index contributed by atoms with van der Waals surface area (Å²) in [6.45, 7) is 2.88. The molecule has 0 amide bonds. The van der Waals surface area contributed by atoms with E-state index in [-0.39, 0.29) is 70.9 Å². The largest absolute Gasteiger partial charge is 1.00 e. The molecule has 0 saturated heterocycles. The topological polar surface area (TPSA) is 60.2 Å². The number of carbonyl (C=O) groups excluding carboxylic acids is 2. The summed E-state index contributed by atoms with van der Waals surface area (Å²) in [5, 5.41) is 0. The number of Topliss-reactive ketones (excluding diaryl/α,β-unsaturated/α-hetero) is 2. The van der Waals surface area contributed by atoms with Crippen molar-refractivity contribution in [3.05, 3.63) is 0 Å². The van der Waals surface area contributed by atoms with Gasteiger partial charge in [-0.3, -0.25) is 9.59 Å². The van der Waals surface area contributed by atoms with E-state index in [0.717, 1.165) is 0 Å². The fourth-order valence-electron chi connectivity index (χ4n) is 0.618. The van der Waals surface area contributed by atoms with Crippen LogP contribution in [0.5, 0.6) is 0 Å². The molecule has 0 radical (unpaired) electrons. The number of nitrogens with two attached hydrogens (primary N) is 1. The van der Waals surface area contributed by atoms with Crippen LogP contribution in [0.3, 0.4) is 0 Å². The molecule has 0 saturated carbocycles. The van der Waals surface area contributed by atoms with Gasteiger partial charge in [0.1, 0.15) is 11.6 Å². The molecule has 0 atom stereocenters. The second kappa shape index (κ2) is 6.63. The molecule has 54 valence electrons. The molecule has 0 aliphatic rings. The summed E-state index contributed by atoms with van der Waals surface area (Å²) >= 11 is 0. The SMILES string of the molecule is CC(=O)C(CN)C(C)=O.[H-].[K+]. The Morgan fingerprint density at radius 1 is 1.40 bits per heavy atom. The quantitative estimate of drug-likeness (QED) is 0.359. The molecule has 2 N–H and O–H groups in total. The first-order valence-electron chi connectivity index (χ1n) is 2.80. The normalized spacial score (nSPS) is 8.80. The van der Waals surface area contributed by atoms with Crippen molar-refractivity contribution in [1.29, 1.82) is 0 Å². The molecule has 3 nitrogen and oxygen atoms in total. The van der Waals surface area contributed by atoms with Gasteiger partial charge in [-0.2, -0.15) is 0 Å². The first-order chi connectivity index (χ1) is 4.09. The van der Waals surface area contributed by atoms with E-state index in [1.165, 1.54) is 13.8 Å². The summed E-state index contributed by atoms with van der Waals surface area (Å²) in [7, 11) is 0. The van der Waals surface area contributed by atoms with E-state index in [0.29, 0.717) is 0 Å². The molecule has 0 heterocycles. The molecular weight excluding hydrogens is 157 g/mol. The number of hydrogen-bond acceptors (Lipinski definition) is 3. The molecule has 0 fully saturated rings. The number of hydrogen-bond donors (Lipinski definition) is 1. The van der Waals surface area contributed by atoms with E-state index in [1.54, 1.807) is 0 Å². The molecule has 0 aliphatic carbocycles. The van der Waals surface area contributed by atoms with E-state index in [1.807, 2.05) is 0 Å². The Kier molecular flexibility index (Phi) is 8.97. The van der Waals surface area contributed by atoms with Crippen molar-refractivity contribution >= 4 is 11.6 Å². The van der Waals surface area contributed by atoms with E-state index in [2.05, 4.69) is 0 Å². The minimum Gasteiger partial charge on any atom is -1.00 e. The molecule has 0 aromatic heterocycles. The maximum absolute atomic E-state index is 10.5. The summed E-state index contributed by atoms with van der Waals surface area (Å²) in [4.78, 5) is 21.0. The molecule has 10 heavy (non-hydrogen) atoms. The molecule has 0 aromatic carbocycles. The summed E-state index contributed by atoms with van der Waals surface area (Å²) in [6.07, 6.45) is 0. The summed E-state index contributed by atoms with van der Waals surface area (Å²) < 4.78 is 0. The van der Waals surface area contributed by atoms with Gasteiger partial charge in [0, 0.05) is 6.54 Å². The second-order valence-corrected chi connectivity index (χ2v) is 2.01. The van der Waals surface area contributed by atoms with E-state index < -0.39 is 5.92 Å². The van der Waals surface area contributed by atoms with Gasteiger partial charge in [0.05, 0.1) is 5.92 Å². The van der Waals surface area contributed by atoms with E-state index >= 15 is 0 Å². The maximum Gasteiger partial charge on any atom is 1.00 e. The van der Waals surface area contributed by atoms with Gasteiger partial charge in [-0.1, -0.05) is 0 Å². The van der Waals surface area contributed by atoms with E-state index in [9.17, 15) is 9.59 Å². The fourth-order valence-corrected chi connectivity index (χ4v) is 0.618. The van der Waals surface area contributed by atoms with Gasteiger partial charge in [-0.15, -0.1) is 0 Å². The molecule has 0 bridgehead atoms. The minimum atomic E-state index is -0.579. The number of ketones is 2.